The molecule has 0 saturated carbocycles. The van der Waals surface area contributed by atoms with Gasteiger partial charge in [0.15, 0.2) is 11.5 Å². The maximum atomic E-state index is 13.7. The maximum Gasteiger partial charge on any atom is 0.295 e. The Kier molecular flexibility index (Phi) is 3.65. The SMILES string of the molecule is CCNc1ccc([N+](=O)[O-])c(-c2ccncc2F)n1. The second kappa shape index (κ2) is 5.38. The van der Waals surface area contributed by atoms with Crippen molar-refractivity contribution in [2.75, 3.05) is 11.9 Å². The molecule has 2 heterocycles. The van der Waals surface area contributed by atoms with Crippen LogP contribution in [0.3, 0.4) is 0 Å². The Hall–Kier alpha value is -2.57. The second-order valence-electron chi connectivity index (χ2n) is 3.71. The molecule has 2 rings (SSSR count). The topological polar surface area (TPSA) is 81.0 Å². The molecule has 0 atom stereocenters. The van der Waals surface area contributed by atoms with Gasteiger partial charge in [-0.05, 0) is 19.1 Å². The van der Waals surface area contributed by atoms with Crippen LogP contribution >= 0.6 is 0 Å². The fourth-order valence-corrected chi connectivity index (χ4v) is 1.64. The lowest BCUT2D eigenvalue weighted by atomic mass is 10.1. The molecular formula is C12H11FN4O2. The summed E-state index contributed by atoms with van der Waals surface area (Å²) in [5, 5.41) is 13.9. The number of pyridine rings is 2. The van der Waals surface area contributed by atoms with Crippen LogP contribution in [0.1, 0.15) is 6.92 Å². The fourth-order valence-electron chi connectivity index (χ4n) is 1.64. The van der Waals surface area contributed by atoms with E-state index >= 15 is 0 Å². The van der Waals surface area contributed by atoms with Crippen molar-refractivity contribution in [3.8, 4) is 11.3 Å². The number of aromatic nitrogens is 2. The molecule has 0 spiro atoms. The summed E-state index contributed by atoms with van der Waals surface area (Å²) in [6, 6.07) is 4.16. The smallest absolute Gasteiger partial charge is 0.295 e. The summed E-state index contributed by atoms with van der Waals surface area (Å²) in [5.74, 6) is -0.189. The average Bonchev–Trinajstić information content (AvgIpc) is 2.39. The maximum absolute atomic E-state index is 13.7. The third kappa shape index (κ3) is 2.65. The molecule has 0 amide bonds. The molecule has 0 aliphatic heterocycles. The van der Waals surface area contributed by atoms with Crippen molar-refractivity contribution in [1.29, 1.82) is 0 Å². The van der Waals surface area contributed by atoms with E-state index in [0.29, 0.717) is 12.4 Å². The number of hydrogen-bond acceptors (Lipinski definition) is 5. The zero-order valence-corrected chi connectivity index (χ0v) is 10.1. The quantitative estimate of drug-likeness (QED) is 0.676. The van der Waals surface area contributed by atoms with Crippen molar-refractivity contribution >= 4 is 11.5 Å². The van der Waals surface area contributed by atoms with Gasteiger partial charge in [0.2, 0.25) is 0 Å². The number of halogens is 1. The van der Waals surface area contributed by atoms with Gasteiger partial charge >= 0.3 is 0 Å². The van der Waals surface area contributed by atoms with Crippen molar-refractivity contribution in [1.82, 2.24) is 9.97 Å². The molecule has 0 saturated heterocycles. The molecule has 0 radical (unpaired) electrons. The Labute approximate surface area is 108 Å². The summed E-state index contributed by atoms with van der Waals surface area (Å²) in [6.07, 6.45) is 2.37. The van der Waals surface area contributed by atoms with Crippen LogP contribution in [0.25, 0.3) is 11.3 Å². The van der Waals surface area contributed by atoms with E-state index in [1.54, 1.807) is 0 Å². The van der Waals surface area contributed by atoms with Gasteiger partial charge in [-0.1, -0.05) is 0 Å². The van der Waals surface area contributed by atoms with E-state index in [4.69, 9.17) is 0 Å². The Morgan fingerprint density at radius 3 is 2.84 bits per heavy atom. The van der Waals surface area contributed by atoms with Gasteiger partial charge in [-0.15, -0.1) is 0 Å². The van der Waals surface area contributed by atoms with Crippen LogP contribution in [0.5, 0.6) is 0 Å². The van der Waals surface area contributed by atoms with E-state index in [0.717, 1.165) is 6.20 Å². The Morgan fingerprint density at radius 2 is 2.21 bits per heavy atom. The van der Waals surface area contributed by atoms with Gasteiger partial charge in [-0.3, -0.25) is 15.1 Å². The first kappa shape index (κ1) is 12.9. The van der Waals surface area contributed by atoms with E-state index in [-0.39, 0.29) is 16.9 Å². The first-order valence-electron chi connectivity index (χ1n) is 5.62. The zero-order valence-electron chi connectivity index (χ0n) is 10.1. The number of anilines is 1. The number of hydrogen-bond donors (Lipinski definition) is 1. The number of rotatable bonds is 4. The van der Waals surface area contributed by atoms with Crippen LogP contribution in [0.4, 0.5) is 15.9 Å². The Bertz CT molecular complexity index is 618. The first-order chi connectivity index (χ1) is 9.13. The van der Waals surface area contributed by atoms with Crippen LogP contribution < -0.4 is 5.32 Å². The molecule has 19 heavy (non-hydrogen) atoms. The van der Waals surface area contributed by atoms with Crippen molar-refractivity contribution < 1.29 is 9.31 Å². The van der Waals surface area contributed by atoms with Crippen molar-refractivity contribution in [3.05, 3.63) is 46.5 Å². The number of nitrogens with one attached hydrogen (secondary N) is 1. The fraction of sp³-hybridized carbons (Fsp3) is 0.167. The van der Waals surface area contributed by atoms with Gasteiger partial charge < -0.3 is 5.32 Å². The van der Waals surface area contributed by atoms with E-state index in [9.17, 15) is 14.5 Å². The third-order valence-electron chi connectivity index (χ3n) is 2.46. The van der Waals surface area contributed by atoms with Crippen LogP contribution in [-0.4, -0.2) is 21.4 Å². The first-order valence-corrected chi connectivity index (χ1v) is 5.62. The summed E-state index contributed by atoms with van der Waals surface area (Å²) >= 11 is 0. The van der Waals surface area contributed by atoms with Crippen LogP contribution in [0, 0.1) is 15.9 Å². The minimum absolute atomic E-state index is 0.0108. The summed E-state index contributed by atoms with van der Waals surface area (Å²) in [5.41, 5.74) is -0.198. The lowest BCUT2D eigenvalue weighted by molar-refractivity contribution is -0.384. The van der Waals surface area contributed by atoms with E-state index < -0.39 is 10.7 Å². The molecule has 0 aliphatic carbocycles. The molecule has 0 fully saturated rings. The van der Waals surface area contributed by atoms with Gasteiger partial charge in [-0.2, -0.15) is 0 Å². The van der Waals surface area contributed by atoms with Crippen molar-refractivity contribution in [3.63, 3.8) is 0 Å². The van der Waals surface area contributed by atoms with E-state index in [1.165, 1.54) is 24.4 Å². The largest absolute Gasteiger partial charge is 0.370 e. The molecule has 0 aromatic carbocycles. The molecule has 0 bridgehead atoms. The summed E-state index contributed by atoms with van der Waals surface area (Å²) in [6.45, 7) is 2.48. The summed E-state index contributed by atoms with van der Waals surface area (Å²) < 4.78 is 13.7. The molecule has 6 nitrogen and oxygen atoms in total. The van der Waals surface area contributed by atoms with Gasteiger partial charge in [-0.25, -0.2) is 9.37 Å². The molecule has 98 valence electrons. The van der Waals surface area contributed by atoms with Crippen LogP contribution in [-0.2, 0) is 0 Å². The minimum Gasteiger partial charge on any atom is -0.370 e. The highest BCUT2D eigenvalue weighted by Crippen LogP contribution is 2.30. The Balaban J connectivity index is 2.61. The number of nitro groups is 1. The van der Waals surface area contributed by atoms with Gasteiger partial charge in [0, 0.05) is 24.4 Å². The highest BCUT2D eigenvalue weighted by atomic mass is 19.1. The average molecular weight is 262 g/mol. The summed E-state index contributed by atoms with van der Waals surface area (Å²) in [4.78, 5) is 18.1. The Morgan fingerprint density at radius 1 is 1.42 bits per heavy atom. The normalized spacial score (nSPS) is 10.2. The zero-order chi connectivity index (χ0) is 13.8. The number of nitrogens with zero attached hydrogens (tertiary/aromatic N) is 3. The lowest BCUT2D eigenvalue weighted by Gasteiger charge is -2.07. The van der Waals surface area contributed by atoms with Crippen molar-refractivity contribution in [2.45, 2.75) is 6.92 Å². The third-order valence-corrected chi connectivity index (χ3v) is 2.46. The standard InChI is InChI=1S/C12H11FN4O2/c1-2-15-11-4-3-10(17(18)19)12(16-11)8-5-6-14-7-9(8)13/h3-7H,2H2,1H3,(H,15,16). The lowest BCUT2D eigenvalue weighted by Crippen LogP contribution is -2.03. The van der Waals surface area contributed by atoms with Crippen molar-refractivity contribution in [2.24, 2.45) is 0 Å². The van der Waals surface area contributed by atoms with Gasteiger partial charge in [0.05, 0.1) is 11.1 Å². The van der Waals surface area contributed by atoms with Crippen LogP contribution in [0.2, 0.25) is 0 Å². The molecule has 0 aliphatic rings. The van der Waals surface area contributed by atoms with E-state index in [1.807, 2.05) is 6.92 Å². The highest BCUT2D eigenvalue weighted by molar-refractivity contribution is 5.71. The molecule has 0 unspecified atom stereocenters. The molecule has 2 aromatic rings. The highest BCUT2D eigenvalue weighted by Gasteiger charge is 2.20. The monoisotopic (exact) mass is 262 g/mol. The van der Waals surface area contributed by atoms with Crippen LogP contribution in [0.15, 0.2) is 30.6 Å². The van der Waals surface area contributed by atoms with E-state index in [2.05, 4.69) is 15.3 Å². The van der Waals surface area contributed by atoms with Gasteiger partial charge in [0.1, 0.15) is 5.82 Å². The predicted octanol–water partition coefficient (Wildman–Crippen LogP) is 2.62. The second-order valence-corrected chi connectivity index (χ2v) is 3.71. The van der Waals surface area contributed by atoms with Gasteiger partial charge in [0.25, 0.3) is 5.69 Å². The molecule has 2 aromatic heterocycles. The predicted molar refractivity (Wildman–Crippen MR) is 68.2 cm³/mol. The minimum atomic E-state index is -0.647. The summed E-state index contributed by atoms with van der Waals surface area (Å²) in [7, 11) is 0. The molecular weight excluding hydrogens is 251 g/mol. The molecule has 7 heteroatoms. The molecule has 1 N–H and O–H groups in total.